The molecule has 0 amide bonds. The van der Waals surface area contributed by atoms with Gasteiger partial charge in [0, 0.05) is 5.41 Å². The molecule has 160 valence electrons. The van der Waals surface area contributed by atoms with Gasteiger partial charge in [-0.05, 0) is 41.2 Å². The summed E-state index contributed by atoms with van der Waals surface area (Å²) < 4.78 is 5.78. The first-order chi connectivity index (χ1) is 14.2. The molecule has 5 atom stereocenters. The Bertz CT molecular complexity index is 962. The minimum absolute atomic E-state index is 0.243. The quantitative estimate of drug-likeness (QED) is 0.622. The third-order valence-electron chi connectivity index (χ3n) is 6.72. The number of ether oxygens (including phenoxy) is 1. The standard InChI is InChI=1S/C25H30O5/c1-14-8-9-17(24-23(29)22(28)21(27)20(13-26)30-24)12-19(14)25(2,3)18-10-15-6-4-5-7-16(15)11-18/h4-10,12,20-24,26-29H,11,13H2,1-3H3/t20-,21-,22+,23-,24+/m1/s1. The molecule has 1 aliphatic heterocycles. The van der Waals surface area contributed by atoms with Crippen molar-refractivity contribution in [2.75, 3.05) is 6.61 Å². The first-order valence-electron chi connectivity index (χ1n) is 10.4. The Morgan fingerprint density at radius 2 is 1.73 bits per heavy atom. The van der Waals surface area contributed by atoms with E-state index in [2.05, 4.69) is 51.1 Å². The lowest BCUT2D eigenvalue weighted by molar-refractivity contribution is -0.231. The van der Waals surface area contributed by atoms with Crippen molar-refractivity contribution in [1.29, 1.82) is 0 Å². The average molecular weight is 411 g/mol. The topological polar surface area (TPSA) is 90.2 Å². The van der Waals surface area contributed by atoms with Crippen LogP contribution in [0, 0.1) is 6.92 Å². The third-order valence-corrected chi connectivity index (χ3v) is 6.72. The number of benzene rings is 2. The smallest absolute Gasteiger partial charge is 0.113 e. The second-order valence-electron chi connectivity index (χ2n) is 8.99. The van der Waals surface area contributed by atoms with E-state index in [1.807, 2.05) is 18.2 Å². The van der Waals surface area contributed by atoms with Crippen LogP contribution in [0.5, 0.6) is 0 Å². The number of aryl methyl sites for hydroxylation is 1. The minimum atomic E-state index is -1.38. The zero-order valence-corrected chi connectivity index (χ0v) is 17.6. The minimum Gasteiger partial charge on any atom is -0.394 e. The summed E-state index contributed by atoms with van der Waals surface area (Å²) in [4.78, 5) is 0. The van der Waals surface area contributed by atoms with Gasteiger partial charge in [0.15, 0.2) is 0 Å². The van der Waals surface area contributed by atoms with Crippen molar-refractivity contribution >= 4 is 6.08 Å². The summed E-state index contributed by atoms with van der Waals surface area (Å²) in [6.45, 7) is 6.03. The summed E-state index contributed by atoms with van der Waals surface area (Å²) in [5, 5.41) is 40.3. The van der Waals surface area contributed by atoms with Crippen LogP contribution >= 0.6 is 0 Å². The van der Waals surface area contributed by atoms with E-state index < -0.39 is 37.1 Å². The fourth-order valence-electron chi connectivity index (χ4n) is 4.72. The van der Waals surface area contributed by atoms with Crippen molar-refractivity contribution in [2.45, 2.75) is 63.1 Å². The van der Waals surface area contributed by atoms with Crippen LogP contribution in [0.2, 0.25) is 0 Å². The van der Waals surface area contributed by atoms with Gasteiger partial charge in [-0.15, -0.1) is 0 Å². The number of rotatable bonds is 4. The molecule has 1 heterocycles. The van der Waals surface area contributed by atoms with Gasteiger partial charge in [-0.3, -0.25) is 0 Å². The van der Waals surface area contributed by atoms with Crippen molar-refractivity contribution in [2.24, 2.45) is 0 Å². The van der Waals surface area contributed by atoms with E-state index in [0.717, 1.165) is 23.1 Å². The van der Waals surface area contributed by atoms with Crippen LogP contribution in [0.3, 0.4) is 0 Å². The fourth-order valence-corrected chi connectivity index (χ4v) is 4.72. The molecule has 1 aliphatic carbocycles. The largest absolute Gasteiger partial charge is 0.394 e. The molecule has 0 bridgehead atoms. The van der Waals surface area contributed by atoms with Crippen molar-refractivity contribution in [3.63, 3.8) is 0 Å². The Morgan fingerprint density at radius 3 is 2.43 bits per heavy atom. The van der Waals surface area contributed by atoms with E-state index in [1.54, 1.807) is 0 Å². The van der Waals surface area contributed by atoms with Crippen LogP contribution in [0.15, 0.2) is 48.0 Å². The predicted octanol–water partition coefficient (Wildman–Crippen LogP) is 2.43. The van der Waals surface area contributed by atoms with E-state index in [4.69, 9.17) is 4.74 Å². The highest BCUT2D eigenvalue weighted by molar-refractivity contribution is 5.67. The maximum atomic E-state index is 10.5. The molecule has 2 aromatic rings. The van der Waals surface area contributed by atoms with Gasteiger partial charge in [0.25, 0.3) is 0 Å². The molecule has 5 heteroatoms. The molecule has 2 aromatic carbocycles. The lowest BCUT2D eigenvalue weighted by Crippen LogP contribution is -2.55. The summed E-state index contributed by atoms with van der Waals surface area (Å²) in [6, 6.07) is 14.3. The average Bonchev–Trinajstić information content (AvgIpc) is 3.18. The normalized spacial score (nSPS) is 28.9. The number of aliphatic hydroxyl groups is 4. The van der Waals surface area contributed by atoms with Crippen LogP contribution in [-0.4, -0.2) is 51.4 Å². The van der Waals surface area contributed by atoms with E-state index >= 15 is 0 Å². The maximum Gasteiger partial charge on any atom is 0.113 e. The van der Waals surface area contributed by atoms with Crippen molar-refractivity contribution in [3.8, 4) is 0 Å². The molecule has 4 rings (SSSR count). The van der Waals surface area contributed by atoms with Crippen LogP contribution in [0.1, 0.15) is 47.8 Å². The van der Waals surface area contributed by atoms with Gasteiger partial charge in [0.2, 0.25) is 0 Å². The highest BCUT2D eigenvalue weighted by Crippen LogP contribution is 2.42. The number of fused-ring (bicyclic) bond motifs is 1. The van der Waals surface area contributed by atoms with E-state index in [-0.39, 0.29) is 5.41 Å². The molecule has 0 saturated carbocycles. The Hall–Kier alpha value is -2.02. The van der Waals surface area contributed by atoms with Crippen molar-refractivity contribution in [1.82, 2.24) is 0 Å². The lowest BCUT2D eigenvalue weighted by atomic mass is 9.74. The molecular formula is C25H30O5. The molecular weight excluding hydrogens is 380 g/mol. The van der Waals surface area contributed by atoms with E-state index in [0.29, 0.717) is 0 Å². The summed E-state index contributed by atoms with van der Waals surface area (Å²) in [6.07, 6.45) is -2.61. The monoisotopic (exact) mass is 410 g/mol. The highest BCUT2D eigenvalue weighted by atomic mass is 16.5. The first kappa shape index (κ1) is 21.2. The van der Waals surface area contributed by atoms with Gasteiger partial charge in [0.1, 0.15) is 30.5 Å². The molecule has 2 aliphatic rings. The summed E-state index contributed by atoms with van der Waals surface area (Å²) >= 11 is 0. The lowest BCUT2D eigenvalue weighted by Gasteiger charge is -2.40. The molecule has 0 unspecified atom stereocenters. The molecule has 0 radical (unpaired) electrons. The molecule has 1 saturated heterocycles. The SMILES string of the molecule is Cc1ccc([C@@H]2O[C@H](CO)[C@@H](O)[C@H](O)[C@H]2O)cc1C(C)(C)C1=Cc2ccccc2C1. The number of allylic oxidation sites excluding steroid dienone is 1. The zero-order valence-electron chi connectivity index (χ0n) is 17.6. The maximum absolute atomic E-state index is 10.5. The number of hydrogen-bond donors (Lipinski definition) is 4. The van der Waals surface area contributed by atoms with Gasteiger partial charge in [0.05, 0.1) is 6.61 Å². The molecule has 4 N–H and O–H groups in total. The fraction of sp³-hybridized carbons (Fsp3) is 0.440. The molecule has 0 aromatic heterocycles. The zero-order chi connectivity index (χ0) is 21.6. The highest BCUT2D eigenvalue weighted by Gasteiger charge is 2.44. The van der Waals surface area contributed by atoms with Crippen LogP contribution in [-0.2, 0) is 16.6 Å². The van der Waals surface area contributed by atoms with Crippen LogP contribution < -0.4 is 0 Å². The summed E-state index contributed by atoms with van der Waals surface area (Å²) in [5.74, 6) is 0. The van der Waals surface area contributed by atoms with Crippen molar-refractivity contribution in [3.05, 3.63) is 75.9 Å². The van der Waals surface area contributed by atoms with Gasteiger partial charge in [-0.25, -0.2) is 0 Å². The van der Waals surface area contributed by atoms with Crippen LogP contribution in [0.25, 0.3) is 6.08 Å². The summed E-state index contributed by atoms with van der Waals surface area (Å²) in [5.41, 5.74) is 6.62. The third kappa shape index (κ3) is 3.51. The Kier molecular flexibility index (Phi) is 5.60. The Morgan fingerprint density at radius 1 is 1.00 bits per heavy atom. The van der Waals surface area contributed by atoms with E-state index in [9.17, 15) is 20.4 Å². The first-order valence-corrected chi connectivity index (χ1v) is 10.4. The van der Waals surface area contributed by atoms with Gasteiger partial charge in [-0.2, -0.15) is 0 Å². The van der Waals surface area contributed by atoms with E-state index in [1.165, 1.54) is 16.7 Å². The van der Waals surface area contributed by atoms with Crippen LogP contribution in [0.4, 0.5) is 0 Å². The van der Waals surface area contributed by atoms with Crippen molar-refractivity contribution < 1.29 is 25.2 Å². The molecule has 30 heavy (non-hydrogen) atoms. The second kappa shape index (κ2) is 7.91. The molecule has 0 spiro atoms. The number of aliphatic hydroxyl groups excluding tert-OH is 4. The van der Waals surface area contributed by atoms with Gasteiger partial charge in [-0.1, -0.05) is 68.0 Å². The molecule has 1 fully saturated rings. The number of hydrogen-bond acceptors (Lipinski definition) is 5. The Labute approximate surface area is 177 Å². The predicted molar refractivity (Wildman–Crippen MR) is 115 cm³/mol. The van der Waals surface area contributed by atoms with Gasteiger partial charge >= 0.3 is 0 Å². The molecule has 5 nitrogen and oxygen atoms in total. The summed E-state index contributed by atoms with van der Waals surface area (Å²) in [7, 11) is 0. The van der Waals surface area contributed by atoms with Gasteiger partial charge < -0.3 is 25.2 Å². The Balaban J connectivity index is 1.69. The second-order valence-corrected chi connectivity index (χ2v) is 8.99.